The summed E-state index contributed by atoms with van der Waals surface area (Å²) in [6, 6.07) is 10.1. The van der Waals surface area contributed by atoms with Gasteiger partial charge < -0.3 is 29.6 Å². The van der Waals surface area contributed by atoms with Gasteiger partial charge in [0.2, 0.25) is 0 Å². The van der Waals surface area contributed by atoms with E-state index in [0.717, 1.165) is 12.4 Å². The third kappa shape index (κ3) is 17.2. The molecule has 0 saturated heterocycles. The van der Waals surface area contributed by atoms with Gasteiger partial charge in [0.15, 0.2) is 0 Å². The molecule has 0 N–H and O–H groups in total. The largest absolute Gasteiger partial charge is 0.514 e. The molecule has 3 nitrogen and oxygen atoms in total. The van der Waals surface area contributed by atoms with Crippen LogP contribution in [0.3, 0.4) is 0 Å². The Morgan fingerprint density at radius 3 is 2.12 bits per heavy atom. The molecule has 0 aliphatic rings. The van der Waals surface area contributed by atoms with E-state index in [9.17, 15) is 0 Å². The minimum absolute atomic E-state index is 0.206. The third-order valence-corrected chi connectivity index (χ3v) is 10.6. The van der Waals surface area contributed by atoms with Crippen molar-refractivity contribution < 1.29 is 10.1 Å². The van der Waals surface area contributed by atoms with Crippen molar-refractivity contribution in [3.63, 3.8) is 0 Å². The summed E-state index contributed by atoms with van der Waals surface area (Å²) in [7, 11) is 0. The van der Waals surface area contributed by atoms with E-state index in [2.05, 4.69) is 43.4 Å². The fraction of sp³-hybridized carbons (Fsp3) is 0.632. The molecule has 0 heterocycles. The van der Waals surface area contributed by atoms with E-state index in [1.807, 2.05) is 37.3 Å². The Balaban J connectivity index is 0.000000823. The number of para-hydroxylation sites is 1. The molecule has 1 aromatic carbocycles. The molecule has 0 unspecified atom stereocenters. The second kappa shape index (κ2) is 18.8. The van der Waals surface area contributed by atoms with E-state index in [4.69, 9.17) is 5.37 Å². The molecule has 0 radical (unpaired) electrons. The van der Waals surface area contributed by atoms with Crippen LogP contribution < -0.4 is 2.69 Å². The second-order valence-electron chi connectivity index (χ2n) is 5.42. The summed E-state index contributed by atoms with van der Waals surface area (Å²) in [5.74, 6) is 0.990. The minimum atomic E-state index is -2.28. The average Bonchev–Trinajstić information content (AvgIpc) is 2.59. The predicted molar refractivity (Wildman–Crippen MR) is 114 cm³/mol. The maximum atomic E-state index is 6.07. The van der Waals surface area contributed by atoms with E-state index in [0.29, 0.717) is 6.61 Å². The second-order valence-corrected chi connectivity index (χ2v) is 13.2. The van der Waals surface area contributed by atoms with Crippen LogP contribution >= 0.6 is 12.2 Å². The molecule has 6 heteroatoms. The molecule has 0 saturated carbocycles. The molecule has 25 heavy (non-hydrogen) atoms. The molecule has 0 spiro atoms. The maximum Gasteiger partial charge on any atom is 0.0830 e. The van der Waals surface area contributed by atoms with Gasteiger partial charge in [0, 0.05) is 4.38 Å². The van der Waals surface area contributed by atoms with Crippen LogP contribution in [0.4, 0.5) is 0 Å². The van der Waals surface area contributed by atoms with Gasteiger partial charge in [-0.05, 0) is 6.92 Å². The van der Waals surface area contributed by atoms with E-state index < -0.39 is 23.6 Å². The summed E-state index contributed by atoms with van der Waals surface area (Å²) in [6.45, 7) is 7.56. The van der Waals surface area contributed by atoms with Crippen molar-refractivity contribution in [3.05, 3.63) is 30.3 Å². The normalized spacial score (nSPS) is 9.72. The Labute approximate surface area is 174 Å². The Bertz CT molecular complexity index is 418. The fourth-order valence-electron chi connectivity index (χ4n) is 2.10. The zero-order valence-electron chi connectivity index (χ0n) is 15.8. The molecule has 0 atom stereocenters. The van der Waals surface area contributed by atoms with Gasteiger partial charge in [0.05, 0.1) is 6.61 Å². The summed E-state index contributed by atoms with van der Waals surface area (Å²) in [5, 5.41) is 0. The zero-order chi connectivity index (χ0) is 18.8. The standard InChI is InChI=1S/C8H17.C6H6O.C3H6OS2.C2H5O.Pb/c1-3-5-7-8-6-4-2;7-6-4-2-1-3-5-6;1-2-4-3(5)6;1-2-3;/h1,3-8H2,2H3;1-5,7H;2H2,1H3,(H,5,6);2H2,1H3;/q;;;-1;+3/p-2. The molecule has 1 rings (SSSR count). The number of ether oxygens (including phenoxy) is 1. The smallest absolute Gasteiger partial charge is 0.0830 e. The Morgan fingerprint density at radius 1 is 0.960 bits per heavy atom. The monoisotopic (exact) mass is 580 g/mol. The average molecular weight is 580 g/mol. The molecule has 0 aliphatic heterocycles. The van der Waals surface area contributed by atoms with E-state index in [1.165, 1.54) is 42.5 Å². The van der Waals surface area contributed by atoms with Crippen molar-refractivity contribution in [1.29, 1.82) is 0 Å². The fourth-order valence-corrected chi connectivity index (χ4v) is 8.42. The van der Waals surface area contributed by atoms with Gasteiger partial charge in [-0.1, -0.05) is 0 Å². The number of hydrogen-bond donors (Lipinski definition) is 0. The SMILES string of the molecule is CCCCCCC[CH2][Pb+]([O]CC)[O]c1ccccc1.CCOC(=S)[S-]. The number of hydrogen-bond acceptors (Lipinski definition) is 5. The summed E-state index contributed by atoms with van der Waals surface area (Å²) in [6.07, 6.45) is 8.05. The predicted octanol–water partition coefficient (Wildman–Crippen LogP) is 5.81. The van der Waals surface area contributed by atoms with Crippen LogP contribution in [0.2, 0.25) is 3.98 Å². The third-order valence-electron chi connectivity index (χ3n) is 3.28. The van der Waals surface area contributed by atoms with Crippen molar-refractivity contribution in [1.82, 2.24) is 0 Å². The van der Waals surface area contributed by atoms with E-state index in [-0.39, 0.29) is 4.38 Å². The Hall–Kier alpha value is 0.0121. The zero-order valence-corrected chi connectivity index (χ0v) is 21.3. The number of unbranched alkanes of at least 4 members (excludes halogenated alkanes) is 5. The first-order chi connectivity index (χ1) is 12.1. The Kier molecular flexibility index (Phi) is 18.8. The molecule has 142 valence electrons. The Morgan fingerprint density at radius 2 is 1.60 bits per heavy atom. The van der Waals surface area contributed by atoms with Crippen LogP contribution in [0.1, 0.15) is 59.3 Å². The van der Waals surface area contributed by atoms with Crippen LogP contribution in [0.15, 0.2) is 30.3 Å². The molecule has 1 aromatic rings. The van der Waals surface area contributed by atoms with Crippen molar-refractivity contribution in [2.24, 2.45) is 0 Å². The van der Waals surface area contributed by atoms with Crippen molar-refractivity contribution in [3.8, 4) is 5.75 Å². The molecule has 0 aromatic heterocycles. The summed E-state index contributed by atoms with van der Waals surface area (Å²) in [4.78, 5) is 0. The van der Waals surface area contributed by atoms with Gasteiger partial charge in [0.25, 0.3) is 0 Å². The van der Waals surface area contributed by atoms with Gasteiger partial charge in [-0.2, -0.15) is 0 Å². The first-order valence-corrected chi connectivity index (χ1v) is 15.9. The number of thiocarbonyl (C=S) groups is 1. The van der Waals surface area contributed by atoms with Crippen molar-refractivity contribution in [2.45, 2.75) is 63.3 Å². The first-order valence-electron chi connectivity index (χ1n) is 9.19. The van der Waals surface area contributed by atoms with Gasteiger partial charge >= 0.3 is 128 Å². The summed E-state index contributed by atoms with van der Waals surface area (Å²) < 4.78 is 17.9. The van der Waals surface area contributed by atoms with Crippen LogP contribution in [0.5, 0.6) is 5.75 Å². The van der Waals surface area contributed by atoms with E-state index in [1.54, 1.807) is 0 Å². The first kappa shape index (κ1) is 25.0. The van der Waals surface area contributed by atoms with E-state index >= 15 is 0 Å². The quantitative estimate of drug-likeness (QED) is 0.135. The molecule has 0 fully saturated rings. The van der Waals surface area contributed by atoms with Crippen LogP contribution in [-0.2, 0) is 20.1 Å². The van der Waals surface area contributed by atoms with Crippen molar-refractivity contribution in [2.75, 3.05) is 13.2 Å². The number of rotatable bonds is 12. The molecule has 0 amide bonds. The molecular formula is C19H32O3PbS2. The topological polar surface area (TPSA) is 27.7 Å². The van der Waals surface area contributed by atoms with Gasteiger partial charge in [-0.3, -0.25) is 0 Å². The van der Waals surface area contributed by atoms with Gasteiger partial charge in [0.1, 0.15) is 0 Å². The number of benzene rings is 1. The minimum Gasteiger partial charge on any atom is -0.514 e. The van der Waals surface area contributed by atoms with Crippen LogP contribution in [-0.4, -0.2) is 41.2 Å². The van der Waals surface area contributed by atoms with Crippen LogP contribution in [0.25, 0.3) is 0 Å². The summed E-state index contributed by atoms with van der Waals surface area (Å²) >= 11 is 6.50. The van der Waals surface area contributed by atoms with Crippen LogP contribution in [0, 0.1) is 0 Å². The van der Waals surface area contributed by atoms with Crippen molar-refractivity contribution >= 4 is 52.8 Å². The summed E-state index contributed by atoms with van der Waals surface area (Å²) in [5.41, 5.74) is 0. The maximum absolute atomic E-state index is 6.07. The molecule has 0 aliphatic carbocycles. The molecular weight excluding hydrogens is 548 g/mol. The van der Waals surface area contributed by atoms with Gasteiger partial charge in [-0.25, -0.2) is 0 Å². The molecule has 0 bridgehead atoms. The van der Waals surface area contributed by atoms with Gasteiger partial charge in [-0.15, -0.1) is 0 Å².